The quantitative estimate of drug-likeness (QED) is 0.851. The average Bonchev–Trinajstić information content (AvgIpc) is 2.65. The molecule has 1 aliphatic carbocycles. The van der Waals surface area contributed by atoms with E-state index in [2.05, 4.69) is 6.92 Å². The average molecular weight is 220 g/mol. The van der Waals surface area contributed by atoms with Gasteiger partial charge in [-0.25, -0.2) is 4.79 Å². The van der Waals surface area contributed by atoms with E-state index in [4.69, 9.17) is 9.84 Å². The van der Waals surface area contributed by atoms with E-state index in [1.165, 1.54) is 12.8 Å². The molecular formula is C13H16O3. The van der Waals surface area contributed by atoms with Gasteiger partial charge in [-0.15, -0.1) is 0 Å². The Kier molecular flexibility index (Phi) is 2.86. The zero-order valence-corrected chi connectivity index (χ0v) is 9.40. The lowest BCUT2D eigenvalue weighted by Crippen LogP contribution is -2.28. The third-order valence-corrected chi connectivity index (χ3v) is 3.11. The van der Waals surface area contributed by atoms with Crippen LogP contribution in [0.1, 0.15) is 43.0 Å². The molecule has 0 aromatic heterocycles. The van der Waals surface area contributed by atoms with Gasteiger partial charge in [0.05, 0.1) is 5.56 Å². The summed E-state index contributed by atoms with van der Waals surface area (Å²) in [5, 5.41) is 8.88. The Morgan fingerprint density at radius 1 is 1.38 bits per heavy atom. The van der Waals surface area contributed by atoms with Gasteiger partial charge in [-0.3, -0.25) is 0 Å². The highest BCUT2D eigenvalue weighted by Gasteiger charge is 2.30. The van der Waals surface area contributed by atoms with E-state index < -0.39 is 5.97 Å². The van der Waals surface area contributed by atoms with Crippen LogP contribution in [-0.4, -0.2) is 16.7 Å². The van der Waals surface area contributed by atoms with Crippen molar-refractivity contribution >= 4 is 5.97 Å². The van der Waals surface area contributed by atoms with E-state index in [0.29, 0.717) is 5.75 Å². The molecule has 16 heavy (non-hydrogen) atoms. The van der Waals surface area contributed by atoms with Gasteiger partial charge in [-0.2, -0.15) is 0 Å². The van der Waals surface area contributed by atoms with E-state index in [-0.39, 0.29) is 11.2 Å². The Hall–Kier alpha value is -1.51. The van der Waals surface area contributed by atoms with Crippen molar-refractivity contribution < 1.29 is 14.6 Å². The minimum absolute atomic E-state index is 0.114. The molecule has 1 fully saturated rings. The second kappa shape index (κ2) is 4.16. The third-order valence-electron chi connectivity index (χ3n) is 3.11. The van der Waals surface area contributed by atoms with Crippen LogP contribution >= 0.6 is 0 Å². The normalized spacial score (nSPS) is 18.3. The molecule has 0 spiro atoms. The summed E-state index contributed by atoms with van der Waals surface area (Å²) in [4.78, 5) is 10.8. The van der Waals surface area contributed by atoms with Gasteiger partial charge in [-0.1, -0.05) is 6.07 Å². The highest BCUT2D eigenvalue weighted by molar-refractivity contribution is 5.88. The molecule has 0 radical (unpaired) electrons. The second-order valence-electron chi connectivity index (χ2n) is 4.59. The standard InChI is InChI=1S/C13H16O3/c1-13(7-2-3-8-13)16-11-6-4-5-10(9-11)12(14)15/h4-6,9H,2-3,7-8H2,1H3,(H,14,15). The van der Waals surface area contributed by atoms with Crippen LogP contribution in [0.4, 0.5) is 0 Å². The lowest BCUT2D eigenvalue weighted by molar-refractivity contribution is 0.0692. The summed E-state index contributed by atoms with van der Waals surface area (Å²) in [5.74, 6) is -0.258. The first kappa shape index (κ1) is 11.0. The topological polar surface area (TPSA) is 46.5 Å². The molecule has 1 N–H and O–H groups in total. The Labute approximate surface area is 95.0 Å². The first-order chi connectivity index (χ1) is 7.59. The van der Waals surface area contributed by atoms with Gasteiger partial charge in [0.15, 0.2) is 0 Å². The lowest BCUT2D eigenvalue weighted by atomic mass is 10.1. The first-order valence-electron chi connectivity index (χ1n) is 5.61. The first-order valence-corrected chi connectivity index (χ1v) is 5.61. The number of carbonyl (C=O) groups is 1. The van der Waals surface area contributed by atoms with Crippen LogP contribution in [0, 0.1) is 0 Å². The number of aromatic carboxylic acids is 1. The van der Waals surface area contributed by atoms with Gasteiger partial charge in [0.1, 0.15) is 11.4 Å². The van der Waals surface area contributed by atoms with Crippen LogP contribution in [0.15, 0.2) is 24.3 Å². The van der Waals surface area contributed by atoms with Crippen molar-refractivity contribution in [2.45, 2.75) is 38.2 Å². The monoisotopic (exact) mass is 220 g/mol. The predicted octanol–water partition coefficient (Wildman–Crippen LogP) is 3.10. The van der Waals surface area contributed by atoms with E-state index in [0.717, 1.165) is 12.8 Å². The molecule has 1 aromatic carbocycles. The molecule has 86 valence electrons. The van der Waals surface area contributed by atoms with Crippen molar-refractivity contribution in [3.05, 3.63) is 29.8 Å². The van der Waals surface area contributed by atoms with E-state index in [9.17, 15) is 4.79 Å². The van der Waals surface area contributed by atoms with Gasteiger partial charge in [-0.05, 0) is 50.8 Å². The van der Waals surface area contributed by atoms with Crippen LogP contribution in [0.25, 0.3) is 0 Å². The molecular weight excluding hydrogens is 204 g/mol. The molecule has 0 bridgehead atoms. The summed E-state index contributed by atoms with van der Waals surface area (Å²) >= 11 is 0. The van der Waals surface area contributed by atoms with Gasteiger partial charge in [0.2, 0.25) is 0 Å². The van der Waals surface area contributed by atoms with Gasteiger partial charge in [0, 0.05) is 0 Å². The fraction of sp³-hybridized carbons (Fsp3) is 0.462. The van der Waals surface area contributed by atoms with Gasteiger partial charge < -0.3 is 9.84 Å². The lowest BCUT2D eigenvalue weighted by Gasteiger charge is -2.25. The minimum Gasteiger partial charge on any atom is -0.488 e. The molecule has 3 nitrogen and oxygen atoms in total. The van der Waals surface area contributed by atoms with Crippen molar-refractivity contribution in [3.63, 3.8) is 0 Å². The Balaban J connectivity index is 2.15. The van der Waals surface area contributed by atoms with Crippen molar-refractivity contribution in [2.75, 3.05) is 0 Å². The number of hydrogen-bond donors (Lipinski definition) is 1. The number of carboxylic acids is 1. The molecule has 0 heterocycles. The number of benzene rings is 1. The summed E-state index contributed by atoms with van der Waals surface area (Å²) < 4.78 is 5.89. The fourth-order valence-corrected chi connectivity index (χ4v) is 2.20. The van der Waals surface area contributed by atoms with E-state index in [1.807, 2.05) is 6.07 Å². The number of hydrogen-bond acceptors (Lipinski definition) is 2. The number of carboxylic acid groups (broad SMARTS) is 1. The SMILES string of the molecule is CC1(Oc2cccc(C(=O)O)c2)CCCC1. The smallest absolute Gasteiger partial charge is 0.335 e. The number of rotatable bonds is 3. The molecule has 0 aliphatic heterocycles. The van der Waals surface area contributed by atoms with E-state index in [1.54, 1.807) is 18.2 Å². The molecule has 1 aliphatic rings. The van der Waals surface area contributed by atoms with E-state index >= 15 is 0 Å². The molecule has 1 saturated carbocycles. The summed E-state index contributed by atoms with van der Waals surface area (Å²) in [6.07, 6.45) is 4.47. The minimum atomic E-state index is -0.915. The maximum atomic E-state index is 10.8. The van der Waals surface area contributed by atoms with Gasteiger partial charge >= 0.3 is 5.97 Å². The molecule has 1 aromatic rings. The van der Waals surface area contributed by atoms with Crippen LogP contribution in [-0.2, 0) is 0 Å². The highest BCUT2D eigenvalue weighted by Crippen LogP contribution is 2.34. The van der Waals surface area contributed by atoms with Crippen LogP contribution in [0.2, 0.25) is 0 Å². The van der Waals surface area contributed by atoms with Crippen molar-refractivity contribution in [3.8, 4) is 5.75 Å². The fourth-order valence-electron chi connectivity index (χ4n) is 2.20. The summed E-state index contributed by atoms with van der Waals surface area (Å²) in [6, 6.07) is 6.70. The maximum absolute atomic E-state index is 10.8. The second-order valence-corrected chi connectivity index (χ2v) is 4.59. The summed E-state index contributed by atoms with van der Waals surface area (Å²) in [5.41, 5.74) is 0.163. The molecule has 2 rings (SSSR count). The van der Waals surface area contributed by atoms with Crippen LogP contribution in [0.3, 0.4) is 0 Å². The molecule has 0 unspecified atom stereocenters. The Bertz CT molecular complexity index is 392. The Morgan fingerprint density at radius 2 is 2.06 bits per heavy atom. The highest BCUT2D eigenvalue weighted by atomic mass is 16.5. The molecule has 3 heteroatoms. The summed E-state index contributed by atoms with van der Waals surface area (Å²) in [6.45, 7) is 2.09. The van der Waals surface area contributed by atoms with Crippen molar-refractivity contribution in [1.29, 1.82) is 0 Å². The largest absolute Gasteiger partial charge is 0.488 e. The number of ether oxygens (including phenoxy) is 1. The molecule has 0 amide bonds. The third kappa shape index (κ3) is 2.35. The molecule has 0 saturated heterocycles. The predicted molar refractivity (Wildman–Crippen MR) is 60.9 cm³/mol. The van der Waals surface area contributed by atoms with Crippen LogP contribution < -0.4 is 4.74 Å². The summed E-state index contributed by atoms with van der Waals surface area (Å²) in [7, 11) is 0. The maximum Gasteiger partial charge on any atom is 0.335 e. The molecule has 0 atom stereocenters. The zero-order valence-electron chi connectivity index (χ0n) is 9.40. The van der Waals surface area contributed by atoms with Crippen molar-refractivity contribution in [2.24, 2.45) is 0 Å². The van der Waals surface area contributed by atoms with Crippen molar-refractivity contribution in [1.82, 2.24) is 0 Å². The van der Waals surface area contributed by atoms with Gasteiger partial charge in [0.25, 0.3) is 0 Å². The Morgan fingerprint density at radius 3 is 2.69 bits per heavy atom. The zero-order chi connectivity index (χ0) is 11.6. The van der Waals surface area contributed by atoms with Crippen LogP contribution in [0.5, 0.6) is 5.75 Å².